The molecule has 0 aliphatic carbocycles. The third-order valence-corrected chi connectivity index (χ3v) is 5.08. The van der Waals surface area contributed by atoms with Crippen LogP contribution in [0.2, 0.25) is 0 Å². The molecule has 152 valence electrons. The zero-order chi connectivity index (χ0) is 20.5. The molecule has 1 aliphatic rings. The molecule has 0 bridgehead atoms. The van der Waals surface area contributed by atoms with Gasteiger partial charge in [0.1, 0.15) is 6.42 Å². The molecular formula is C24H29N3O2. The first-order valence-corrected chi connectivity index (χ1v) is 10.1. The van der Waals surface area contributed by atoms with Crippen molar-refractivity contribution in [3.63, 3.8) is 0 Å². The molecule has 5 nitrogen and oxygen atoms in total. The van der Waals surface area contributed by atoms with E-state index in [1.54, 1.807) is 4.90 Å². The highest BCUT2D eigenvalue weighted by Crippen LogP contribution is 2.07. The van der Waals surface area contributed by atoms with Crippen molar-refractivity contribution in [2.45, 2.75) is 19.9 Å². The fourth-order valence-corrected chi connectivity index (χ4v) is 3.42. The largest absolute Gasteiger partial charge is 0.352 e. The Morgan fingerprint density at radius 3 is 2.48 bits per heavy atom. The van der Waals surface area contributed by atoms with Crippen molar-refractivity contribution in [1.29, 1.82) is 0 Å². The van der Waals surface area contributed by atoms with Crippen molar-refractivity contribution >= 4 is 17.9 Å². The third kappa shape index (κ3) is 6.88. The Morgan fingerprint density at radius 1 is 1.00 bits per heavy atom. The molecule has 1 heterocycles. The summed E-state index contributed by atoms with van der Waals surface area (Å²) >= 11 is 0. The van der Waals surface area contributed by atoms with Crippen molar-refractivity contribution in [3.8, 4) is 0 Å². The number of hydrogen-bond donors (Lipinski definition) is 1. The summed E-state index contributed by atoms with van der Waals surface area (Å²) in [5.41, 5.74) is 3.39. The Balaban J connectivity index is 1.36. The highest BCUT2D eigenvalue weighted by Gasteiger charge is 2.22. The molecule has 29 heavy (non-hydrogen) atoms. The number of nitrogens with one attached hydrogen (secondary N) is 1. The lowest BCUT2D eigenvalue weighted by atomic mass is 10.1. The van der Waals surface area contributed by atoms with Crippen LogP contribution < -0.4 is 5.32 Å². The van der Waals surface area contributed by atoms with Crippen LogP contribution in [-0.4, -0.2) is 54.3 Å². The van der Waals surface area contributed by atoms with Gasteiger partial charge in [-0.05, 0) is 18.1 Å². The van der Waals surface area contributed by atoms with E-state index >= 15 is 0 Å². The molecule has 0 spiro atoms. The summed E-state index contributed by atoms with van der Waals surface area (Å²) in [4.78, 5) is 28.6. The molecule has 2 aromatic rings. The van der Waals surface area contributed by atoms with Crippen molar-refractivity contribution in [3.05, 3.63) is 77.4 Å². The Bertz CT molecular complexity index is 840. The predicted octanol–water partition coefficient (Wildman–Crippen LogP) is 2.86. The molecule has 2 aromatic carbocycles. The van der Waals surface area contributed by atoms with Gasteiger partial charge in [-0.3, -0.25) is 14.5 Å². The summed E-state index contributed by atoms with van der Waals surface area (Å²) < 4.78 is 0. The molecule has 0 radical (unpaired) electrons. The lowest BCUT2D eigenvalue weighted by molar-refractivity contribution is -0.137. The van der Waals surface area contributed by atoms with Crippen LogP contribution in [0.5, 0.6) is 0 Å². The van der Waals surface area contributed by atoms with E-state index in [0.29, 0.717) is 19.6 Å². The smallest absolute Gasteiger partial charge is 0.232 e. The molecule has 1 fully saturated rings. The van der Waals surface area contributed by atoms with Gasteiger partial charge in [-0.1, -0.05) is 72.3 Å². The van der Waals surface area contributed by atoms with Crippen molar-refractivity contribution in [1.82, 2.24) is 15.1 Å². The Hall–Kier alpha value is -2.92. The van der Waals surface area contributed by atoms with Gasteiger partial charge in [0.2, 0.25) is 11.8 Å². The molecule has 1 aliphatic heterocycles. The normalized spacial score (nSPS) is 14.9. The minimum absolute atomic E-state index is 0.0836. The summed E-state index contributed by atoms with van der Waals surface area (Å²) in [5.74, 6) is -0.309. The van der Waals surface area contributed by atoms with Gasteiger partial charge >= 0.3 is 0 Å². The van der Waals surface area contributed by atoms with Gasteiger partial charge in [0.05, 0.1) is 0 Å². The van der Waals surface area contributed by atoms with Gasteiger partial charge in [0.25, 0.3) is 0 Å². The standard InChI is InChI=1S/C24H29N3O2/c1-20-7-5-10-22(17-20)19-25-23(28)18-24(29)27-15-13-26(14-16-27)12-6-11-21-8-3-2-4-9-21/h2-11,17H,12-16,18-19H2,1H3,(H,25,28)/b11-6+. The van der Waals surface area contributed by atoms with Crippen LogP contribution in [0.15, 0.2) is 60.7 Å². The maximum absolute atomic E-state index is 12.4. The number of carbonyl (C=O) groups is 2. The van der Waals surface area contributed by atoms with Crippen molar-refractivity contribution < 1.29 is 9.59 Å². The Kier molecular flexibility index (Phi) is 7.59. The molecule has 1 saturated heterocycles. The molecule has 0 unspecified atom stereocenters. The number of nitrogens with zero attached hydrogens (tertiary/aromatic N) is 2. The van der Waals surface area contributed by atoms with E-state index in [0.717, 1.165) is 30.8 Å². The quantitative estimate of drug-likeness (QED) is 0.739. The second-order valence-electron chi connectivity index (χ2n) is 7.44. The van der Waals surface area contributed by atoms with Gasteiger partial charge in [-0.15, -0.1) is 0 Å². The van der Waals surface area contributed by atoms with Gasteiger partial charge in [0.15, 0.2) is 0 Å². The van der Waals surface area contributed by atoms with Crippen LogP contribution in [-0.2, 0) is 16.1 Å². The number of amides is 2. The van der Waals surface area contributed by atoms with E-state index in [1.165, 1.54) is 5.56 Å². The number of carbonyl (C=O) groups excluding carboxylic acids is 2. The summed E-state index contributed by atoms with van der Waals surface area (Å²) in [6.45, 7) is 6.34. The van der Waals surface area contributed by atoms with E-state index in [-0.39, 0.29) is 18.2 Å². The molecular weight excluding hydrogens is 362 g/mol. The molecule has 5 heteroatoms. The maximum atomic E-state index is 12.4. The lowest BCUT2D eigenvalue weighted by Gasteiger charge is -2.34. The Labute approximate surface area is 173 Å². The van der Waals surface area contributed by atoms with Crippen molar-refractivity contribution in [2.24, 2.45) is 0 Å². The van der Waals surface area contributed by atoms with Crippen LogP contribution in [0.1, 0.15) is 23.1 Å². The minimum Gasteiger partial charge on any atom is -0.352 e. The molecule has 0 aromatic heterocycles. The maximum Gasteiger partial charge on any atom is 0.232 e. The minimum atomic E-state index is -0.218. The average molecular weight is 392 g/mol. The van der Waals surface area contributed by atoms with Crippen molar-refractivity contribution in [2.75, 3.05) is 32.7 Å². The third-order valence-electron chi connectivity index (χ3n) is 5.08. The van der Waals surface area contributed by atoms with E-state index in [9.17, 15) is 9.59 Å². The molecule has 3 rings (SSSR count). The van der Waals surface area contributed by atoms with Gasteiger partial charge in [-0.25, -0.2) is 0 Å². The first-order chi connectivity index (χ1) is 14.1. The topological polar surface area (TPSA) is 52.7 Å². The zero-order valence-electron chi connectivity index (χ0n) is 17.0. The summed E-state index contributed by atoms with van der Waals surface area (Å²) in [7, 11) is 0. The second-order valence-corrected chi connectivity index (χ2v) is 7.44. The first kappa shape index (κ1) is 20.8. The Morgan fingerprint density at radius 2 is 1.76 bits per heavy atom. The fourth-order valence-electron chi connectivity index (χ4n) is 3.42. The van der Waals surface area contributed by atoms with E-state index in [4.69, 9.17) is 0 Å². The van der Waals surface area contributed by atoms with Gasteiger partial charge in [-0.2, -0.15) is 0 Å². The van der Waals surface area contributed by atoms with E-state index in [1.807, 2.05) is 49.4 Å². The number of aryl methyl sites for hydroxylation is 1. The molecule has 0 atom stereocenters. The first-order valence-electron chi connectivity index (χ1n) is 10.1. The summed E-state index contributed by atoms with van der Waals surface area (Å²) in [6, 6.07) is 18.2. The molecule has 0 saturated carbocycles. The van der Waals surface area contributed by atoms with E-state index < -0.39 is 0 Å². The van der Waals surface area contributed by atoms with Crippen LogP contribution in [0, 0.1) is 6.92 Å². The van der Waals surface area contributed by atoms with Crippen LogP contribution in [0.4, 0.5) is 0 Å². The monoisotopic (exact) mass is 391 g/mol. The molecule has 2 amide bonds. The number of benzene rings is 2. The SMILES string of the molecule is Cc1cccc(CNC(=O)CC(=O)N2CCN(C/C=C/c3ccccc3)CC2)c1. The number of piperazine rings is 1. The predicted molar refractivity (Wildman–Crippen MR) is 116 cm³/mol. The highest BCUT2D eigenvalue weighted by molar-refractivity contribution is 5.96. The fraction of sp³-hybridized carbons (Fsp3) is 0.333. The van der Waals surface area contributed by atoms with Gasteiger partial charge in [0, 0.05) is 39.3 Å². The molecule has 1 N–H and O–H groups in total. The summed E-state index contributed by atoms with van der Waals surface area (Å²) in [6.07, 6.45) is 4.20. The lowest BCUT2D eigenvalue weighted by Crippen LogP contribution is -2.49. The second kappa shape index (κ2) is 10.6. The number of hydrogen-bond acceptors (Lipinski definition) is 3. The van der Waals surface area contributed by atoms with Crippen LogP contribution >= 0.6 is 0 Å². The average Bonchev–Trinajstić information content (AvgIpc) is 2.73. The number of rotatable bonds is 7. The van der Waals surface area contributed by atoms with Gasteiger partial charge < -0.3 is 10.2 Å². The van der Waals surface area contributed by atoms with E-state index in [2.05, 4.69) is 34.5 Å². The zero-order valence-corrected chi connectivity index (χ0v) is 17.0. The highest BCUT2D eigenvalue weighted by atomic mass is 16.2. The van der Waals surface area contributed by atoms with Crippen LogP contribution in [0.25, 0.3) is 6.08 Å². The van der Waals surface area contributed by atoms with Crippen LogP contribution in [0.3, 0.4) is 0 Å². The summed E-state index contributed by atoms with van der Waals surface area (Å²) in [5, 5.41) is 2.84.